The maximum atomic E-state index is 12.7. The number of nitrogens with one attached hydrogen (secondary N) is 1. The van der Waals surface area contributed by atoms with E-state index in [1.165, 1.54) is 0 Å². The summed E-state index contributed by atoms with van der Waals surface area (Å²) in [6.45, 7) is 4.33. The molecule has 0 spiro atoms. The van der Waals surface area contributed by atoms with Gasteiger partial charge in [0.05, 0.1) is 18.1 Å². The summed E-state index contributed by atoms with van der Waals surface area (Å²) in [5.74, 6) is -0.928. The summed E-state index contributed by atoms with van der Waals surface area (Å²) in [5.41, 5.74) is 3.01. The molecule has 0 fully saturated rings. The quantitative estimate of drug-likeness (QED) is 0.857. The van der Waals surface area contributed by atoms with Gasteiger partial charge in [-0.1, -0.05) is 25.1 Å². The van der Waals surface area contributed by atoms with Crippen molar-refractivity contribution in [3.05, 3.63) is 52.4 Å². The summed E-state index contributed by atoms with van der Waals surface area (Å²) in [6, 6.07) is 7.43. The van der Waals surface area contributed by atoms with Crippen molar-refractivity contribution in [1.82, 2.24) is 5.32 Å². The first-order chi connectivity index (χ1) is 12.0. The van der Waals surface area contributed by atoms with E-state index in [1.807, 2.05) is 31.2 Å². The highest BCUT2D eigenvalue weighted by Crippen LogP contribution is 2.44. The first-order valence-electron chi connectivity index (χ1n) is 8.73. The number of hydrogen-bond acceptors (Lipinski definition) is 4. The SMILES string of the molecule is CCCOc1ccccc1C1C(C(=O)O)=C(C)NC2=C1C(=O)CCC2. The van der Waals surface area contributed by atoms with Crippen LogP contribution in [0.5, 0.6) is 5.75 Å². The second kappa shape index (κ2) is 7.13. The van der Waals surface area contributed by atoms with Crippen LogP contribution in [0.3, 0.4) is 0 Å². The normalized spacial score (nSPS) is 20.2. The molecule has 1 aromatic carbocycles. The van der Waals surface area contributed by atoms with Crippen molar-refractivity contribution in [2.24, 2.45) is 0 Å². The van der Waals surface area contributed by atoms with E-state index in [9.17, 15) is 14.7 Å². The average molecular weight is 341 g/mol. The Morgan fingerprint density at radius 2 is 2.08 bits per heavy atom. The fourth-order valence-electron chi connectivity index (χ4n) is 3.64. The zero-order valence-corrected chi connectivity index (χ0v) is 14.6. The van der Waals surface area contributed by atoms with E-state index >= 15 is 0 Å². The Labute approximate surface area is 147 Å². The Hall–Kier alpha value is -2.56. The third-order valence-corrected chi connectivity index (χ3v) is 4.70. The minimum absolute atomic E-state index is 0.0234. The highest BCUT2D eigenvalue weighted by atomic mass is 16.5. The largest absolute Gasteiger partial charge is 0.493 e. The number of benzene rings is 1. The van der Waals surface area contributed by atoms with E-state index in [1.54, 1.807) is 6.92 Å². The lowest BCUT2D eigenvalue weighted by Crippen LogP contribution is -2.34. The van der Waals surface area contributed by atoms with Crippen LogP contribution in [0.2, 0.25) is 0 Å². The third kappa shape index (κ3) is 3.18. The molecule has 5 nitrogen and oxygen atoms in total. The first-order valence-corrected chi connectivity index (χ1v) is 8.73. The number of ether oxygens (including phenoxy) is 1. The minimum Gasteiger partial charge on any atom is -0.493 e. The fourth-order valence-corrected chi connectivity index (χ4v) is 3.64. The second-order valence-corrected chi connectivity index (χ2v) is 6.46. The molecule has 0 saturated heterocycles. The van der Waals surface area contributed by atoms with Crippen molar-refractivity contribution >= 4 is 11.8 Å². The van der Waals surface area contributed by atoms with Crippen LogP contribution in [0.25, 0.3) is 0 Å². The molecule has 25 heavy (non-hydrogen) atoms. The number of carbonyl (C=O) groups excluding carboxylic acids is 1. The summed E-state index contributed by atoms with van der Waals surface area (Å²) < 4.78 is 5.85. The van der Waals surface area contributed by atoms with E-state index in [2.05, 4.69) is 5.32 Å². The van der Waals surface area contributed by atoms with Crippen LogP contribution in [0.15, 0.2) is 46.8 Å². The Morgan fingerprint density at radius 3 is 2.80 bits per heavy atom. The highest BCUT2D eigenvalue weighted by Gasteiger charge is 2.39. The number of ketones is 1. The van der Waals surface area contributed by atoms with Gasteiger partial charge in [0, 0.05) is 29.0 Å². The molecule has 3 rings (SSSR count). The molecular weight excluding hydrogens is 318 g/mol. The lowest BCUT2D eigenvalue weighted by atomic mass is 9.75. The summed E-state index contributed by atoms with van der Waals surface area (Å²) in [5, 5.41) is 13.0. The van der Waals surface area contributed by atoms with E-state index in [0.717, 1.165) is 30.5 Å². The minimum atomic E-state index is -1.01. The molecule has 0 bridgehead atoms. The smallest absolute Gasteiger partial charge is 0.334 e. The van der Waals surface area contributed by atoms with E-state index in [4.69, 9.17) is 4.74 Å². The predicted molar refractivity (Wildman–Crippen MR) is 94.3 cm³/mol. The average Bonchev–Trinajstić information content (AvgIpc) is 2.59. The number of allylic oxidation sites excluding steroid dienone is 3. The van der Waals surface area contributed by atoms with Gasteiger partial charge in [0.1, 0.15) is 5.75 Å². The maximum Gasteiger partial charge on any atom is 0.334 e. The van der Waals surface area contributed by atoms with Gasteiger partial charge in [-0.05, 0) is 32.3 Å². The molecule has 0 amide bonds. The van der Waals surface area contributed by atoms with Crippen molar-refractivity contribution in [3.63, 3.8) is 0 Å². The van der Waals surface area contributed by atoms with Gasteiger partial charge in [0.2, 0.25) is 0 Å². The zero-order chi connectivity index (χ0) is 18.0. The number of rotatable bonds is 5. The first kappa shape index (κ1) is 17.3. The summed E-state index contributed by atoms with van der Waals surface area (Å²) in [4.78, 5) is 24.6. The highest BCUT2D eigenvalue weighted by molar-refractivity contribution is 6.03. The van der Waals surface area contributed by atoms with Gasteiger partial charge in [-0.25, -0.2) is 4.79 Å². The van der Waals surface area contributed by atoms with Crippen molar-refractivity contribution in [2.75, 3.05) is 6.61 Å². The molecule has 2 aliphatic rings. The van der Waals surface area contributed by atoms with Gasteiger partial charge in [-0.3, -0.25) is 4.79 Å². The molecule has 1 aliphatic heterocycles. The summed E-state index contributed by atoms with van der Waals surface area (Å²) in [6.07, 6.45) is 2.87. The number of carboxylic acid groups (broad SMARTS) is 1. The van der Waals surface area contributed by atoms with Crippen molar-refractivity contribution in [1.29, 1.82) is 0 Å². The summed E-state index contributed by atoms with van der Waals surface area (Å²) >= 11 is 0. The lowest BCUT2D eigenvalue weighted by molar-refractivity contribution is -0.133. The van der Waals surface area contributed by atoms with E-state index < -0.39 is 11.9 Å². The Balaban J connectivity index is 2.18. The fraction of sp³-hybridized carbons (Fsp3) is 0.400. The standard InChI is InChI=1S/C20H23NO4/c1-3-11-25-16-10-5-4-7-13(16)18-17(20(23)24)12(2)21-14-8-6-9-15(22)19(14)18/h4-5,7,10,18,21H,3,6,8-9,11H2,1-2H3,(H,23,24). The molecule has 1 heterocycles. The number of hydrogen-bond donors (Lipinski definition) is 2. The van der Waals surface area contributed by atoms with Crippen molar-refractivity contribution < 1.29 is 19.4 Å². The van der Waals surface area contributed by atoms with Crippen LogP contribution in [-0.4, -0.2) is 23.5 Å². The van der Waals surface area contributed by atoms with Gasteiger partial charge in [0.15, 0.2) is 5.78 Å². The van der Waals surface area contributed by atoms with Crippen LogP contribution >= 0.6 is 0 Å². The molecule has 2 N–H and O–H groups in total. The molecule has 5 heteroatoms. The van der Waals surface area contributed by atoms with Crippen LogP contribution in [-0.2, 0) is 9.59 Å². The Kier molecular flexibility index (Phi) is 4.93. The number of Topliss-reactive ketones (excluding diaryl/α,β-unsaturated/α-hetero) is 1. The van der Waals surface area contributed by atoms with E-state index in [0.29, 0.717) is 30.0 Å². The molecule has 1 aromatic rings. The molecule has 0 aromatic heterocycles. The van der Waals surface area contributed by atoms with Crippen molar-refractivity contribution in [3.8, 4) is 5.75 Å². The Bertz CT molecular complexity index is 776. The molecule has 0 saturated carbocycles. The van der Waals surface area contributed by atoms with Crippen LogP contribution in [0.4, 0.5) is 0 Å². The van der Waals surface area contributed by atoms with Gasteiger partial charge < -0.3 is 15.2 Å². The molecule has 1 atom stereocenters. The maximum absolute atomic E-state index is 12.7. The molecule has 0 radical (unpaired) electrons. The van der Waals surface area contributed by atoms with Gasteiger partial charge in [-0.15, -0.1) is 0 Å². The number of aliphatic carboxylic acids is 1. The number of carbonyl (C=O) groups is 2. The number of carboxylic acids is 1. The molecule has 1 unspecified atom stereocenters. The topological polar surface area (TPSA) is 75.6 Å². The monoisotopic (exact) mass is 341 g/mol. The van der Waals surface area contributed by atoms with E-state index in [-0.39, 0.29) is 11.4 Å². The van der Waals surface area contributed by atoms with Crippen LogP contribution < -0.4 is 10.1 Å². The Morgan fingerprint density at radius 1 is 1.32 bits per heavy atom. The van der Waals surface area contributed by atoms with Gasteiger partial charge in [-0.2, -0.15) is 0 Å². The number of dihydropyridines is 1. The van der Waals surface area contributed by atoms with Crippen LogP contribution in [0, 0.1) is 0 Å². The third-order valence-electron chi connectivity index (χ3n) is 4.70. The van der Waals surface area contributed by atoms with Crippen molar-refractivity contribution in [2.45, 2.75) is 45.4 Å². The zero-order valence-electron chi connectivity index (χ0n) is 14.6. The summed E-state index contributed by atoms with van der Waals surface area (Å²) in [7, 11) is 0. The van der Waals surface area contributed by atoms with Gasteiger partial charge in [0.25, 0.3) is 0 Å². The molecular formula is C20H23NO4. The number of para-hydroxylation sites is 1. The van der Waals surface area contributed by atoms with Gasteiger partial charge >= 0.3 is 5.97 Å². The molecule has 1 aliphatic carbocycles. The predicted octanol–water partition coefficient (Wildman–Crippen LogP) is 3.53. The molecule has 132 valence electrons. The van der Waals surface area contributed by atoms with Crippen LogP contribution in [0.1, 0.15) is 51.0 Å². The lowest BCUT2D eigenvalue weighted by Gasteiger charge is -2.34. The second-order valence-electron chi connectivity index (χ2n) is 6.46.